The number of esters is 1. The molecule has 8 heteroatoms. The van der Waals surface area contributed by atoms with E-state index in [1.807, 2.05) is 0 Å². The van der Waals surface area contributed by atoms with Crippen LogP contribution in [0.1, 0.15) is 5.69 Å². The zero-order chi connectivity index (χ0) is 14.3. The van der Waals surface area contributed by atoms with Crippen LogP contribution in [0.3, 0.4) is 0 Å². The number of halogens is 3. The number of nitrogens with zero attached hydrogens (tertiary/aromatic N) is 1. The molecular weight excluding hydrogens is 267 g/mol. The predicted octanol–water partition coefficient (Wildman–Crippen LogP) is 2.14. The average Bonchev–Trinajstić information content (AvgIpc) is 2.36. The number of alkyl halides is 3. The second-order valence-electron chi connectivity index (χ2n) is 3.12. The molecule has 19 heavy (non-hydrogen) atoms. The first-order valence-electron chi connectivity index (χ1n) is 4.96. The number of ether oxygens (including phenoxy) is 3. The van der Waals surface area contributed by atoms with Gasteiger partial charge in [-0.1, -0.05) is 6.07 Å². The van der Waals surface area contributed by atoms with Gasteiger partial charge in [0.05, 0.1) is 19.4 Å². The molecule has 0 aliphatic heterocycles. The Labute approximate surface area is 106 Å². The van der Waals surface area contributed by atoms with Crippen LogP contribution in [0.5, 0.6) is 5.88 Å². The number of hydrogen-bond acceptors (Lipinski definition) is 5. The first-order chi connectivity index (χ1) is 8.93. The van der Waals surface area contributed by atoms with E-state index in [0.29, 0.717) is 0 Å². The maximum absolute atomic E-state index is 12.3. The SMILES string of the molecule is CO/C=C/C(=O)OCOc1cccc(C(F)(F)F)n1. The summed E-state index contributed by atoms with van der Waals surface area (Å²) in [4.78, 5) is 14.2. The second-order valence-corrected chi connectivity index (χ2v) is 3.12. The minimum atomic E-state index is -4.56. The number of methoxy groups -OCH3 is 1. The standard InChI is InChI=1S/C11H10F3NO4/c1-17-6-5-10(16)19-7-18-9-4-2-3-8(15-9)11(12,13)14/h2-6H,7H2,1H3/b6-5+. The number of carbonyl (C=O) groups excluding carboxylic acids is 1. The van der Waals surface area contributed by atoms with E-state index in [2.05, 4.69) is 14.5 Å². The summed E-state index contributed by atoms with van der Waals surface area (Å²) in [6, 6.07) is 3.16. The molecular formula is C11H10F3NO4. The zero-order valence-electron chi connectivity index (χ0n) is 9.81. The van der Waals surface area contributed by atoms with Crippen molar-refractivity contribution in [2.75, 3.05) is 13.9 Å². The molecule has 1 rings (SSSR count). The monoisotopic (exact) mass is 277 g/mol. The van der Waals surface area contributed by atoms with Crippen LogP contribution in [0.25, 0.3) is 0 Å². The van der Waals surface area contributed by atoms with E-state index in [0.717, 1.165) is 24.5 Å². The first kappa shape index (κ1) is 14.8. The van der Waals surface area contributed by atoms with E-state index in [9.17, 15) is 18.0 Å². The predicted molar refractivity (Wildman–Crippen MR) is 57.0 cm³/mol. The van der Waals surface area contributed by atoms with Gasteiger partial charge in [0.2, 0.25) is 12.7 Å². The molecule has 1 aromatic heterocycles. The lowest BCUT2D eigenvalue weighted by molar-refractivity contribution is -0.146. The molecule has 0 radical (unpaired) electrons. The Morgan fingerprint density at radius 3 is 2.79 bits per heavy atom. The Morgan fingerprint density at radius 1 is 1.42 bits per heavy atom. The Bertz CT molecular complexity index is 459. The molecule has 0 atom stereocenters. The number of pyridine rings is 1. The molecule has 104 valence electrons. The lowest BCUT2D eigenvalue weighted by Gasteiger charge is -2.08. The van der Waals surface area contributed by atoms with Gasteiger partial charge in [-0.2, -0.15) is 13.2 Å². The van der Waals surface area contributed by atoms with Crippen molar-refractivity contribution in [3.8, 4) is 5.88 Å². The van der Waals surface area contributed by atoms with Crippen molar-refractivity contribution in [1.82, 2.24) is 4.98 Å². The van der Waals surface area contributed by atoms with Crippen molar-refractivity contribution >= 4 is 5.97 Å². The number of rotatable bonds is 5. The highest BCUT2D eigenvalue weighted by Crippen LogP contribution is 2.28. The number of carbonyl (C=O) groups is 1. The minimum Gasteiger partial charge on any atom is -0.504 e. The Balaban J connectivity index is 2.50. The molecule has 0 bridgehead atoms. The highest BCUT2D eigenvalue weighted by atomic mass is 19.4. The average molecular weight is 277 g/mol. The molecule has 0 spiro atoms. The molecule has 1 heterocycles. The number of hydrogen-bond donors (Lipinski definition) is 0. The Morgan fingerprint density at radius 2 is 2.16 bits per heavy atom. The van der Waals surface area contributed by atoms with Crippen LogP contribution in [-0.4, -0.2) is 24.9 Å². The summed E-state index contributed by atoms with van der Waals surface area (Å²) in [5.74, 6) is -1.05. The van der Waals surface area contributed by atoms with Crippen molar-refractivity contribution < 1.29 is 32.2 Å². The third-order valence-electron chi connectivity index (χ3n) is 1.76. The van der Waals surface area contributed by atoms with Crippen LogP contribution < -0.4 is 4.74 Å². The molecule has 0 unspecified atom stereocenters. The van der Waals surface area contributed by atoms with E-state index in [-0.39, 0.29) is 5.88 Å². The summed E-state index contributed by atoms with van der Waals surface area (Å²) in [6.07, 6.45) is -2.48. The molecule has 0 saturated carbocycles. The molecule has 0 N–H and O–H groups in total. The van der Waals surface area contributed by atoms with E-state index in [4.69, 9.17) is 4.74 Å². The topological polar surface area (TPSA) is 57.7 Å². The smallest absolute Gasteiger partial charge is 0.433 e. The van der Waals surface area contributed by atoms with E-state index < -0.39 is 24.6 Å². The van der Waals surface area contributed by atoms with Crippen LogP contribution >= 0.6 is 0 Å². The lowest BCUT2D eigenvalue weighted by Crippen LogP contribution is -2.11. The molecule has 0 saturated heterocycles. The normalized spacial score (nSPS) is 11.4. The molecule has 1 aromatic rings. The van der Waals surface area contributed by atoms with E-state index >= 15 is 0 Å². The largest absolute Gasteiger partial charge is 0.504 e. The quantitative estimate of drug-likeness (QED) is 0.357. The molecule has 0 aromatic carbocycles. The van der Waals surface area contributed by atoms with Gasteiger partial charge in [0.1, 0.15) is 5.69 Å². The summed E-state index contributed by atoms with van der Waals surface area (Å²) in [7, 11) is 1.34. The van der Waals surface area contributed by atoms with Gasteiger partial charge in [-0.3, -0.25) is 0 Å². The Kier molecular flexibility index (Phi) is 5.16. The van der Waals surface area contributed by atoms with Crippen molar-refractivity contribution in [2.45, 2.75) is 6.18 Å². The summed E-state index contributed by atoms with van der Waals surface area (Å²) < 4.78 is 50.8. The van der Waals surface area contributed by atoms with Gasteiger partial charge >= 0.3 is 12.1 Å². The fraction of sp³-hybridized carbons (Fsp3) is 0.273. The Hall–Kier alpha value is -2.25. The van der Waals surface area contributed by atoms with Crippen LogP contribution in [-0.2, 0) is 20.4 Å². The van der Waals surface area contributed by atoms with Gasteiger partial charge in [0.25, 0.3) is 0 Å². The van der Waals surface area contributed by atoms with E-state index in [1.165, 1.54) is 13.2 Å². The van der Waals surface area contributed by atoms with Gasteiger partial charge in [-0.25, -0.2) is 9.78 Å². The molecule has 0 fully saturated rings. The maximum Gasteiger partial charge on any atom is 0.433 e. The van der Waals surface area contributed by atoms with Crippen LogP contribution in [0.15, 0.2) is 30.5 Å². The van der Waals surface area contributed by atoms with Gasteiger partial charge in [0, 0.05) is 6.07 Å². The first-order valence-corrected chi connectivity index (χ1v) is 4.96. The molecule has 0 aliphatic rings. The maximum atomic E-state index is 12.3. The third-order valence-corrected chi connectivity index (χ3v) is 1.76. The summed E-state index contributed by atoms with van der Waals surface area (Å²) in [5.41, 5.74) is -1.09. The fourth-order valence-electron chi connectivity index (χ4n) is 0.973. The highest BCUT2D eigenvalue weighted by Gasteiger charge is 2.32. The van der Waals surface area contributed by atoms with Crippen molar-refractivity contribution in [1.29, 1.82) is 0 Å². The van der Waals surface area contributed by atoms with Gasteiger partial charge < -0.3 is 14.2 Å². The van der Waals surface area contributed by atoms with Crippen molar-refractivity contribution in [3.63, 3.8) is 0 Å². The summed E-state index contributed by atoms with van der Waals surface area (Å²) in [5, 5.41) is 0. The second kappa shape index (κ2) is 6.62. The van der Waals surface area contributed by atoms with Crippen molar-refractivity contribution in [2.24, 2.45) is 0 Å². The molecule has 0 amide bonds. The molecule has 5 nitrogen and oxygen atoms in total. The van der Waals surface area contributed by atoms with Crippen LogP contribution in [0.4, 0.5) is 13.2 Å². The van der Waals surface area contributed by atoms with Gasteiger partial charge in [-0.15, -0.1) is 0 Å². The number of aromatic nitrogens is 1. The fourth-order valence-corrected chi connectivity index (χ4v) is 0.973. The minimum absolute atomic E-state index is 0.293. The van der Waals surface area contributed by atoms with E-state index in [1.54, 1.807) is 0 Å². The van der Waals surface area contributed by atoms with Gasteiger partial charge in [-0.05, 0) is 6.07 Å². The van der Waals surface area contributed by atoms with Crippen LogP contribution in [0.2, 0.25) is 0 Å². The van der Waals surface area contributed by atoms with Crippen molar-refractivity contribution in [3.05, 3.63) is 36.2 Å². The summed E-state index contributed by atoms with van der Waals surface area (Å²) in [6.45, 7) is -0.554. The highest BCUT2D eigenvalue weighted by molar-refractivity contribution is 5.81. The molecule has 0 aliphatic carbocycles. The lowest BCUT2D eigenvalue weighted by atomic mass is 10.3. The van der Waals surface area contributed by atoms with Crippen LogP contribution in [0, 0.1) is 0 Å². The summed E-state index contributed by atoms with van der Waals surface area (Å²) >= 11 is 0. The zero-order valence-corrected chi connectivity index (χ0v) is 9.81. The van der Waals surface area contributed by atoms with Gasteiger partial charge in [0.15, 0.2) is 0 Å². The third kappa shape index (κ3) is 5.28.